The number of rotatable bonds is 5. The van der Waals surface area contributed by atoms with Crippen molar-refractivity contribution in [3.05, 3.63) is 35.4 Å². The second kappa shape index (κ2) is 5.47. The molecule has 0 aromatic heterocycles. The summed E-state index contributed by atoms with van der Waals surface area (Å²) >= 11 is 1.87. The lowest BCUT2D eigenvalue weighted by Crippen LogP contribution is -2.42. The maximum atomic E-state index is 10.5. The van der Waals surface area contributed by atoms with Gasteiger partial charge in [-0.3, -0.25) is 0 Å². The van der Waals surface area contributed by atoms with E-state index in [2.05, 4.69) is 36.5 Å². The van der Waals surface area contributed by atoms with Crippen LogP contribution in [0.5, 0.6) is 0 Å². The lowest BCUT2D eigenvalue weighted by atomic mass is 9.96. The third-order valence-electron chi connectivity index (χ3n) is 4.35. The fraction of sp³-hybridized carbons (Fsp3) is 0.625. The number of thioether (sulfide) groups is 1. The molecule has 1 aromatic carbocycles. The molecule has 2 N–H and O–H groups in total. The molecular weight excluding hydrogens is 254 g/mol. The van der Waals surface area contributed by atoms with Gasteiger partial charge in [0.15, 0.2) is 0 Å². The van der Waals surface area contributed by atoms with Gasteiger partial charge in [0.05, 0.1) is 5.60 Å². The summed E-state index contributed by atoms with van der Waals surface area (Å²) in [5.74, 6) is 2.74. The molecular formula is C16H23NOS. The molecule has 1 aliphatic heterocycles. The first kappa shape index (κ1) is 13.5. The van der Waals surface area contributed by atoms with Crippen LogP contribution in [0.15, 0.2) is 24.3 Å². The number of hydrogen-bond acceptors (Lipinski definition) is 3. The quantitative estimate of drug-likeness (QED) is 0.868. The highest BCUT2D eigenvalue weighted by Crippen LogP contribution is 2.42. The van der Waals surface area contributed by atoms with E-state index in [-0.39, 0.29) is 0 Å². The molecule has 3 heteroatoms. The molecule has 2 nitrogen and oxygen atoms in total. The van der Waals surface area contributed by atoms with Crippen molar-refractivity contribution >= 4 is 11.8 Å². The van der Waals surface area contributed by atoms with Crippen molar-refractivity contribution in [3.63, 3.8) is 0 Å². The van der Waals surface area contributed by atoms with E-state index in [4.69, 9.17) is 0 Å². The summed E-state index contributed by atoms with van der Waals surface area (Å²) in [6, 6.07) is 9.07. The highest BCUT2D eigenvalue weighted by Gasteiger charge is 2.36. The molecule has 3 rings (SSSR count). The Morgan fingerprint density at radius 2 is 2.21 bits per heavy atom. The van der Waals surface area contributed by atoms with E-state index in [1.165, 1.54) is 24.0 Å². The average molecular weight is 277 g/mol. The molecule has 1 saturated heterocycles. The van der Waals surface area contributed by atoms with Crippen molar-refractivity contribution in [2.45, 2.75) is 37.8 Å². The van der Waals surface area contributed by atoms with Crippen molar-refractivity contribution < 1.29 is 5.11 Å². The smallest absolute Gasteiger partial charge is 0.0869 e. The average Bonchev–Trinajstić information content (AvgIpc) is 3.14. The van der Waals surface area contributed by atoms with Gasteiger partial charge >= 0.3 is 0 Å². The minimum absolute atomic E-state index is 0.427. The lowest BCUT2D eigenvalue weighted by molar-refractivity contribution is 0.0636. The number of aryl methyl sites for hydroxylation is 1. The number of benzene rings is 1. The van der Waals surface area contributed by atoms with Gasteiger partial charge in [0, 0.05) is 18.3 Å². The van der Waals surface area contributed by atoms with Gasteiger partial charge in [0.1, 0.15) is 0 Å². The van der Waals surface area contributed by atoms with Gasteiger partial charge < -0.3 is 10.4 Å². The van der Waals surface area contributed by atoms with E-state index in [1.807, 2.05) is 11.8 Å². The maximum absolute atomic E-state index is 10.5. The fourth-order valence-electron chi connectivity index (χ4n) is 2.93. The predicted octanol–water partition coefficient (Wildman–Crippen LogP) is 2.90. The van der Waals surface area contributed by atoms with Crippen molar-refractivity contribution in [2.24, 2.45) is 5.92 Å². The van der Waals surface area contributed by atoms with Gasteiger partial charge in [-0.25, -0.2) is 0 Å². The zero-order valence-electron chi connectivity index (χ0n) is 11.6. The van der Waals surface area contributed by atoms with E-state index in [0.717, 1.165) is 30.4 Å². The molecule has 1 saturated carbocycles. The Morgan fingerprint density at radius 3 is 2.84 bits per heavy atom. The summed E-state index contributed by atoms with van der Waals surface area (Å²) < 4.78 is 0. The van der Waals surface area contributed by atoms with Crippen molar-refractivity contribution in [1.29, 1.82) is 0 Å². The number of nitrogens with one attached hydrogen (secondary N) is 1. The van der Waals surface area contributed by atoms with Crippen LogP contribution in [0.3, 0.4) is 0 Å². The molecule has 2 unspecified atom stereocenters. The molecule has 1 aromatic rings. The Hall–Kier alpha value is -0.510. The Bertz CT molecular complexity index is 438. The van der Waals surface area contributed by atoms with Crippen LogP contribution in [0.4, 0.5) is 0 Å². The Kier molecular flexibility index (Phi) is 3.88. The van der Waals surface area contributed by atoms with Crippen molar-refractivity contribution in [2.75, 3.05) is 18.1 Å². The summed E-state index contributed by atoms with van der Waals surface area (Å²) in [5.41, 5.74) is 2.29. The van der Waals surface area contributed by atoms with E-state index in [1.54, 1.807) is 0 Å². The highest BCUT2D eigenvalue weighted by molar-refractivity contribution is 7.99. The number of aliphatic hydroxyl groups is 1. The van der Waals surface area contributed by atoms with Crippen LogP contribution in [0.1, 0.15) is 36.4 Å². The molecule has 0 radical (unpaired) electrons. The lowest BCUT2D eigenvalue weighted by Gasteiger charge is -2.27. The van der Waals surface area contributed by atoms with Crippen LogP contribution in [0, 0.1) is 12.8 Å². The first-order valence-corrected chi connectivity index (χ1v) is 8.42. The van der Waals surface area contributed by atoms with E-state index in [9.17, 15) is 5.11 Å². The van der Waals surface area contributed by atoms with Gasteiger partial charge in [-0.15, -0.1) is 0 Å². The van der Waals surface area contributed by atoms with E-state index in [0.29, 0.717) is 6.04 Å². The highest BCUT2D eigenvalue weighted by atomic mass is 32.2. The van der Waals surface area contributed by atoms with E-state index < -0.39 is 5.60 Å². The molecule has 0 amide bonds. The minimum atomic E-state index is -0.486. The number of hydrogen-bond donors (Lipinski definition) is 2. The van der Waals surface area contributed by atoms with Gasteiger partial charge in [0.25, 0.3) is 0 Å². The molecule has 2 aliphatic rings. The first-order valence-electron chi connectivity index (χ1n) is 7.27. The molecule has 19 heavy (non-hydrogen) atoms. The summed E-state index contributed by atoms with van der Waals surface area (Å²) in [4.78, 5) is 0. The summed E-state index contributed by atoms with van der Waals surface area (Å²) in [7, 11) is 0. The van der Waals surface area contributed by atoms with Crippen molar-refractivity contribution in [1.82, 2.24) is 5.32 Å². The van der Waals surface area contributed by atoms with E-state index >= 15 is 0 Å². The Labute approximate surface area is 120 Å². The summed E-state index contributed by atoms with van der Waals surface area (Å²) in [6.07, 6.45) is 3.56. The normalized spacial score (nSPS) is 28.5. The molecule has 0 spiro atoms. The largest absolute Gasteiger partial charge is 0.388 e. The molecule has 0 bridgehead atoms. The third-order valence-corrected chi connectivity index (χ3v) is 5.58. The molecule has 2 fully saturated rings. The van der Waals surface area contributed by atoms with Crippen LogP contribution in [0.25, 0.3) is 0 Å². The molecule has 2 atom stereocenters. The van der Waals surface area contributed by atoms with Crippen molar-refractivity contribution in [3.8, 4) is 0 Å². The molecule has 1 aliphatic carbocycles. The van der Waals surface area contributed by atoms with Gasteiger partial charge in [-0.2, -0.15) is 11.8 Å². The van der Waals surface area contributed by atoms with Crippen LogP contribution in [0.2, 0.25) is 0 Å². The van der Waals surface area contributed by atoms with Crippen LogP contribution in [-0.4, -0.2) is 28.8 Å². The monoisotopic (exact) mass is 277 g/mol. The standard InChI is InChI=1S/C16H23NOS/c1-12-4-2-3-5-14(12)15(13-6-7-13)17-10-16(18)8-9-19-11-16/h2-5,13,15,17-18H,6-11H2,1H3. The topological polar surface area (TPSA) is 32.3 Å². The zero-order chi connectivity index (χ0) is 13.3. The Morgan fingerprint density at radius 1 is 1.42 bits per heavy atom. The molecule has 104 valence electrons. The first-order chi connectivity index (χ1) is 9.18. The van der Waals surface area contributed by atoms with Gasteiger partial charge in [0.2, 0.25) is 0 Å². The zero-order valence-corrected chi connectivity index (χ0v) is 12.4. The van der Waals surface area contributed by atoms with Crippen LogP contribution in [-0.2, 0) is 0 Å². The van der Waals surface area contributed by atoms with Gasteiger partial charge in [-0.1, -0.05) is 24.3 Å². The third kappa shape index (κ3) is 3.15. The SMILES string of the molecule is Cc1ccccc1C(NCC1(O)CCSC1)C1CC1. The fourth-order valence-corrected chi connectivity index (χ4v) is 4.23. The predicted molar refractivity (Wildman–Crippen MR) is 81.5 cm³/mol. The molecule has 1 heterocycles. The van der Waals surface area contributed by atoms with Gasteiger partial charge in [-0.05, 0) is 49.0 Å². The Balaban J connectivity index is 1.70. The summed E-state index contributed by atoms with van der Waals surface area (Å²) in [6.45, 7) is 2.92. The maximum Gasteiger partial charge on any atom is 0.0869 e. The van der Waals surface area contributed by atoms with Crippen LogP contribution < -0.4 is 5.32 Å². The summed E-state index contributed by atoms with van der Waals surface area (Å²) in [5, 5.41) is 14.1. The second-order valence-electron chi connectivity index (χ2n) is 6.08. The van der Waals surface area contributed by atoms with Crippen LogP contribution >= 0.6 is 11.8 Å². The second-order valence-corrected chi connectivity index (χ2v) is 7.18. The minimum Gasteiger partial charge on any atom is -0.388 e.